The number of nitrogens with zero attached hydrogens (tertiary/aromatic N) is 1. The highest BCUT2D eigenvalue weighted by atomic mass is 15.0. The van der Waals surface area contributed by atoms with Crippen molar-refractivity contribution >= 4 is 11.8 Å². The van der Waals surface area contributed by atoms with E-state index in [2.05, 4.69) is 74.2 Å². The lowest BCUT2D eigenvalue weighted by atomic mass is 9.92. The summed E-state index contributed by atoms with van der Waals surface area (Å²) in [7, 11) is 0. The van der Waals surface area contributed by atoms with E-state index in [9.17, 15) is 0 Å². The van der Waals surface area contributed by atoms with Crippen molar-refractivity contribution in [3.05, 3.63) is 102 Å². The first-order valence-electron chi connectivity index (χ1n) is 10.7. The quantitative estimate of drug-likeness (QED) is 0.268. The molecule has 2 heteroatoms. The maximum Gasteiger partial charge on any atom is 0.0519 e. The standard InChI is InChI=1S/C28H32N2/c1-5-10-24(6-2)25-15-14-22(4)27(19-25)28-17-21(3)20-30(28)26-13-9-12-23(18-26)11-7-8-16-29/h5-8,10,14-20,26,29H,1-2,9,11-13H2,3-4H3/b8-7-,24-10+,29-16?/t26-/m0/s1. The van der Waals surface area contributed by atoms with Gasteiger partial charge in [-0.25, -0.2) is 0 Å². The molecule has 0 saturated heterocycles. The molecule has 1 aliphatic rings. The van der Waals surface area contributed by atoms with Crippen molar-refractivity contribution < 1.29 is 0 Å². The molecule has 2 aromatic rings. The van der Waals surface area contributed by atoms with E-state index >= 15 is 0 Å². The van der Waals surface area contributed by atoms with Gasteiger partial charge in [0.2, 0.25) is 0 Å². The number of hydrogen-bond donors (Lipinski definition) is 1. The van der Waals surface area contributed by atoms with Crippen molar-refractivity contribution in [3.8, 4) is 11.3 Å². The first-order valence-corrected chi connectivity index (χ1v) is 10.7. The first-order chi connectivity index (χ1) is 14.6. The van der Waals surface area contributed by atoms with Gasteiger partial charge in [-0.05, 0) is 80.0 Å². The Kier molecular flexibility index (Phi) is 7.24. The molecule has 0 radical (unpaired) electrons. The maximum absolute atomic E-state index is 7.18. The topological polar surface area (TPSA) is 28.8 Å². The highest BCUT2D eigenvalue weighted by molar-refractivity contribution is 5.79. The largest absolute Gasteiger partial charge is 0.340 e. The summed E-state index contributed by atoms with van der Waals surface area (Å²) < 4.78 is 2.45. The van der Waals surface area contributed by atoms with E-state index < -0.39 is 0 Å². The lowest BCUT2D eigenvalue weighted by Crippen LogP contribution is -2.11. The van der Waals surface area contributed by atoms with Crippen molar-refractivity contribution in [1.29, 1.82) is 5.41 Å². The van der Waals surface area contributed by atoms with Crippen LogP contribution < -0.4 is 0 Å². The third-order valence-electron chi connectivity index (χ3n) is 5.74. The number of hydrogen-bond acceptors (Lipinski definition) is 1. The van der Waals surface area contributed by atoms with E-state index in [1.807, 2.05) is 24.3 Å². The van der Waals surface area contributed by atoms with Crippen LogP contribution in [-0.4, -0.2) is 10.8 Å². The summed E-state index contributed by atoms with van der Waals surface area (Å²) in [5, 5.41) is 7.18. The van der Waals surface area contributed by atoms with Gasteiger partial charge in [-0.1, -0.05) is 61.2 Å². The lowest BCUT2D eigenvalue weighted by Gasteiger charge is -2.25. The monoisotopic (exact) mass is 396 g/mol. The van der Waals surface area contributed by atoms with Crippen LogP contribution in [0.2, 0.25) is 0 Å². The molecule has 30 heavy (non-hydrogen) atoms. The number of allylic oxidation sites excluding steroid dienone is 8. The van der Waals surface area contributed by atoms with E-state index in [0.29, 0.717) is 6.04 Å². The minimum absolute atomic E-state index is 0.372. The second kappa shape index (κ2) is 10.1. The van der Waals surface area contributed by atoms with Crippen LogP contribution in [-0.2, 0) is 0 Å². The fourth-order valence-electron chi connectivity index (χ4n) is 4.25. The van der Waals surface area contributed by atoms with Crippen LogP contribution >= 0.6 is 0 Å². The van der Waals surface area contributed by atoms with Crippen molar-refractivity contribution in [2.24, 2.45) is 0 Å². The molecule has 1 atom stereocenters. The molecule has 0 saturated carbocycles. The molecule has 1 N–H and O–H groups in total. The van der Waals surface area contributed by atoms with Gasteiger partial charge in [0.1, 0.15) is 0 Å². The van der Waals surface area contributed by atoms with E-state index in [0.717, 1.165) is 30.4 Å². The SMILES string of the molecule is C=C/C=C(\C=C)c1ccc(C)c(-c2cc(C)cn2[C@@H]2C=C(C/C=C\C=N)CCC2)c1. The van der Waals surface area contributed by atoms with Gasteiger partial charge in [-0.3, -0.25) is 0 Å². The van der Waals surface area contributed by atoms with E-state index in [1.54, 1.807) is 0 Å². The number of nitrogens with one attached hydrogen (secondary N) is 1. The zero-order valence-electron chi connectivity index (χ0n) is 18.2. The zero-order chi connectivity index (χ0) is 21.5. The Balaban J connectivity index is 2.03. The zero-order valence-corrected chi connectivity index (χ0v) is 18.2. The average molecular weight is 397 g/mol. The molecule has 0 bridgehead atoms. The van der Waals surface area contributed by atoms with Crippen LogP contribution in [0.15, 0.2) is 85.6 Å². The number of rotatable bonds is 8. The minimum Gasteiger partial charge on any atom is -0.340 e. The third-order valence-corrected chi connectivity index (χ3v) is 5.74. The second-order valence-electron chi connectivity index (χ2n) is 7.98. The highest BCUT2D eigenvalue weighted by Gasteiger charge is 2.19. The van der Waals surface area contributed by atoms with Crippen molar-refractivity contribution in [1.82, 2.24) is 4.57 Å². The van der Waals surface area contributed by atoms with Crippen LogP contribution in [0.1, 0.15) is 48.4 Å². The van der Waals surface area contributed by atoms with E-state index in [4.69, 9.17) is 5.41 Å². The first kappa shape index (κ1) is 21.6. The predicted octanol–water partition coefficient (Wildman–Crippen LogP) is 7.77. The number of benzene rings is 1. The summed E-state index contributed by atoms with van der Waals surface area (Å²) in [6.45, 7) is 12.2. The van der Waals surface area contributed by atoms with Crippen LogP contribution in [0.25, 0.3) is 16.8 Å². The summed E-state index contributed by atoms with van der Waals surface area (Å²) in [5.41, 5.74) is 8.80. The van der Waals surface area contributed by atoms with Crippen LogP contribution in [0.4, 0.5) is 0 Å². The van der Waals surface area contributed by atoms with Crippen LogP contribution in [0, 0.1) is 19.3 Å². The van der Waals surface area contributed by atoms with E-state index in [1.165, 1.54) is 40.6 Å². The Morgan fingerprint density at radius 1 is 1.23 bits per heavy atom. The maximum atomic E-state index is 7.18. The fraction of sp³-hybridized carbons (Fsp3) is 0.250. The Labute approximate surface area is 181 Å². The molecule has 1 aromatic carbocycles. The smallest absolute Gasteiger partial charge is 0.0519 e. The van der Waals surface area contributed by atoms with Crippen molar-refractivity contribution in [2.45, 2.75) is 45.6 Å². The molecule has 1 aromatic heterocycles. The fourth-order valence-corrected chi connectivity index (χ4v) is 4.25. The normalized spacial score (nSPS) is 17.1. The summed E-state index contributed by atoms with van der Waals surface area (Å²) in [6, 6.07) is 9.30. The van der Waals surface area contributed by atoms with E-state index in [-0.39, 0.29) is 0 Å². The van der Waals surface area contributed by atoms with Gasteiger partial charge in [0.15, 0.2) is 0 Å². The molecule has 3 rings (SSSR count). The van der Waals surface area contributed by atoms with Gasteiger partial charge >= 0.3 is 0 Å². The highest BCUT2D eigenvalue weighted by Crippen LogP contribution is 2.36. The average Bonchev–Trinajstić information content (AvgIpc) is 3.14. The van der Waals surface area contributed by atoms with Gasteiger partial charge in [-0.15, -0.1) is 0 Å². The molecule has 2 nitrogen and oxygen atoms in total. The molecule has 154 valence electrons. The minimum atomic E-state index is 0.372. The van der Waals surface area contributed by atoms with Gasteiger partial charge in [-0.2, -0.15) is 0 Å². The Morgan fingerprint density at radius 3 is 2.80 bits per heavy atom. The Bertz CT molecular complexity index is 1030. The van der Waals surface area contributed by atoms with Crippen molar-refractivity contribution in [3.63, 3.8) is 0 Å². The second-order valence-corrected chi connectivity index (χ2v) is 7.98. The molecular weight excluding hydrogens is 364 g/mol. The summed E-state index contributed by atoms with van der Waals surface area (Å²) in [5.74, 6) is 0. The van der Waals surface area contributed by atoms with Crippen LogP contribution in [0.3, 0.4) is 0 Å². The summed E-state index contributed by atoms with van der Waals surface area (Å²) in [6.07, 6.45) is 20.1. The van der Waals surface area contributed by atoms with Gasteiger partial charge in [0.25, 0.3) is 0 Å². The lowest BCUT2D eigenvalue weighted by molar-refractivity contribution is 0.508. The van der Waals surface area contributed by atoms with Gasteiger partial charge < -0.3 is 9.98 Å². The van der Waals surface area contributed by atoms with Gasteiger partial charge in [0, 0.05) is 23.7 Å². The Hall–Kier alpha value is -3.13. The van der Waals surface area contributed by atoms with Gasteiger partial charge in [0.05, 0.1) is 6.04 Å². The molecule has 0 amide bonds. The molecule has 0 fully saturated rings. The molecule has 1 heterocycles. The third kappa shape index (κ3) is 4.88. The molecule has 0 aliphatic heterocycles. The van der Waals surface area contributed by atoms with Crippen molar-refractivity contribution in [2.75, 3.05) is 0 Å². The summed E-state index contributed by atoms with van der Waals surface area (Å²) in [4.78, 5) is 0. The Morgan fingerprint density at radius 2 is 2.07 bits per heavy atom. The molecule has 0 unspecified atom stereocenters. The molecule has 0 spiro atoms. The van der Waals surface area contributed by atoms with Crippen LogP contribution in [0.5, 0.6) is 0 Å². The molecular formula is C28H32N2. The number of aryl methyl sites for hydroxylation is 2. The molecule has 1 aliphatic carbocycles. The number of aromatic nitrogens is 1. The summed E-state index contributed by atoms with van der Waals surface area (Å²) >= 11 is 0. The predicted molar refractivity (Wildman–Crippen MR) is 131 cm³/mol.